The average molecular weight is 509 g/mol. The number of esters is 1. The van der Waals surface area contributed by atoms with Crippen LogP contribution in [0.2, 0.25) is 0 Å². The van der Waals surface area contributed by atoms with Gasteiger partial charge in [-0.2, -0.15) is 0 Å². The minimum absolute atomic E-state index is 0.221. The van der Waals surface area contributed by atoms with E-state index in [0.29, 0.717) is 5.41 Å². The molecule has 202 valence electrons. The lowest BCUT2D eigenvalue weighted by molar-refractivity contribution is -0.171. The Labute approximate surface area is 222 Å². The number of anilines is 1. The summed E-state index contributed by atoms with van der Waals surface area (Å²) < 4.78 is 12.2. The van der Waals surface area contributed by atoms with Crippen LogP contribution in [0.3, 0.4) is 0 Å². The number of aromatic nitrogens is 1. The Hall–Kier alpha value is -2.60. The van der Waals surface area contributed by atoms with Crippen molar-refractivity contribution >= 4 is 11.7 Å². The number of hydrogen-bond donors (Lipinski definition) is 1. The molecule has 1 spiro atoms. The highest BCUT2D eigenvalue weighted by molar-refractivity contribution is 5.88. The molecule has 0 unspecified atom stereocenters. The van der Waals surface area contributed by atoms with Gasteiger partial charge in [0.15, 0.2) is 6.10 Å². The number of nitrogens with zero attached hydrogens (tertiary/aromatic N) is 2. The van der Waals surface area contributed by atoms with Crippen LogP contribution in [0.4, 0.5) is 5.69 Å². The summed E-state index contributed by atoms with van der Waals surface area (Å²) in [5.74, 6) is -0.167. The fourth-order valence-electron chi connectivity index (χ4n) is 6.16. The van der Waals surface area contributed by atoms with E-state index in [-0.39, 0.29) is 17.8 Å². The molecule has 6 nitrogen and oxygen atoms in total. The molecule has 2 aliphatic rings. The maximum absolute atomic E-state index is 13.6. The van der Waals surface area contributed by atoms with Gasteiger partial charge in [-0.25, -0.2) is 4.79 Å². The van der Waals surface area contributed by atoms with Crippen LogP contribution in [0, 0.1) is 19.3 Å². The number of carbonyl (C=O) groups excluding carboxylic acids is 1. The van der Waals surface area contributed by atoms with Gasteiger partial charge in [-0.1, -0.05) is 25.0 Å². The predicted octanol–water partition coefficient (Wildman–Crippen LogP) is 7.04. The first kappa shape index (κ1) is 27.4. The zero-order chi connectivity index (χ0) is 27.0. The first-order valence-corrected chi connectivity index (χ1v) is 13.8. The lowest BCUT2D eigenvalue weighted by Crippen LogP contribution is -2.40. The minimum Gasteiger partial charge on any atom is -0.508 e. The van der Waals surface area contributed by atoms with Crippen molar-refractivity contribution in [1.29, 1.82) is 0 Å². The summed E-state index contributed by atoms with van der Waals surface area (Å²) in [5, 5.41) is 9.97. The number of ether oxygens (including phenoxy) is 2. The van der Waals surface area contributed by atoms with Gasteiger partial charge >= 0.3 is 5.97 Å². The number of aryl methyl sites for hydroxylation is 2. The van der Waals surface area contributed by atoms with Crippen molar-refractivity contribution in [2.75, 3.05) is 18.0 Å². The Bertz CT molecular complexity index is 1100. The van der Waals surface area contributed by atoms with E-state index >= 15 is 0 Å². The van der Waals surface area contributed by atoms with Crippen molar-refractivity contribution in [2.24, 2.45) is 5.41 Å². The zero-order valence-corrected chi connectivity index (χ0v) is 23.7. The molecule has 1 aromatic carbocycles. The smallest absolute Gasteiger partial charge is 0.340 e. The van der Waals surface area contributed by atoms with Crippen molar-refractivity contribution in [3.8, 4) is 16.9 Å². The minimum atomic E-state index is -0.899. The predicted molar refractivity (Wildman–Crippen MR) is 148 cm³/mol. The number of hydrogen-bond acceptors (Lipinski definition) is 6. The largest absolute Gasteiger partial charge is 0.508 e. The van der Waals surface area contributed by atoms with E-state index in [1.165, 1.54) is 25.7 Å². The van der Waals surface area contributed by atoms with Gasteiger partial charge in [0.25, 0.3) is 0 Å². The van der Waals surface area contributed by atoms with Crippen LogP contribution in [-0.2, 0) is 14.3 Å². The van der Waals surface area contributed by atoms with Crippen LogP contribution < -0.4 is 4.90 Å². The molecule has 1 N–H and O–H groups in total. The number of phenolic OH excluding ortho intramolecular Hbond substituents is 1. The molecule has 0 amide bonds. The lowest BCUT2D eigenvalue weighted by atomic mass is 9.76. The third-order valence-corrected chi connectivity index (χ3v) is 7.84. The topological polar surface area (TPSA) is 71.9 Å². The van der Waals surface area contributed by atoms with Crippen LogP contribution in [-0.4, -0.2) is 40.9 Å². The Balaban J connectivity index is 1.90. The van der Waals surface area contributed by atoms with E-state index in [1.807, 2.05) is 60.6 Å². The van der Waals surface area contributed by atoms with E-state index in [2.05, 4.69) is 4.90 Å². The third-order valence-electron chi connectivity index (χ3n) is 7.84. The van der Waals surface area contributed by atoms with E-state index < -0.39 is 11.7 Å². The molecule has 37 heavy (non-hydrogen) atoms. The number of benzene rings is 1. The Morgan fingerprint density at radius 3 is 2.14 bits per heavy atom. The van der Waals surface area contributed by atoms with Crippen molar-refractivity contribution in [3.63, 3.8) is 0 Å². The second kappa shape index (κ2) is 10.6. The fourth-order valence-corrected chi connectivity index (χ4v) is 6.16. The molecule has 0 radical (unpaired) electrons. The molecule has 1 atom stereocenters. The quantitative estimate of drug-likeness (QED) is 0.422. The molecular formula is C31H44N2O4. The molecule has 0 bridgehead atoms. The summed E-state index contributed by atoms with van der Waals surface area (Å²) in [6, 6.07) is 7.27. The molecule has 1 aliphatic heterocycles. The highest BCUT2D eigenvalue weighted by Gasteiger charge is 2.40. The highest BCUT2D eigenvalue weighted by atomic mass is 16.6. The van der Waals surface area contributed by atoms with Gasteiger partial charge in [0.2, 0.25) is 0 Å². The van der Waals surface area contributed by atoms with Gasteiger partial charge in [0, 0.05) is 35.6 Å². The molecule has 1 saturated carbocycles. The van der Waals surface area contributed by atoms with Gasteiger partial charge in [0.05, 0.1) is 17.4 Å². The van der Waals surface area contributed by atoms with Crippen molar-refractivity contribution in [3.05, 3.63) is 41.2 Å². The monoisotopic (exact) mass is 508 g/mol. The van der Waals surface area contributed by atoms with Gasteiger partial charge in [-0.15, -0.1) is 0 Å². The van der Waals surface area contributed by atoms with Gasteiger partial charge in [-0.3, -0.25) is 4.98 Å². The van der Waals surface area contributed by atoms with E-state index in [0.717, 1.165) is 59.7 Å². The first-order chi connectivity index (χ1) is 17.4. The zero-order valence-electron chi connectivity index (χ0n) is 23.7. The summed E-state index contributed by atoms with van der Waals surface area (Å²) in [5.41, 5.74) is 5.33. The van der Waals surface area contributed by atoms with Crippen molar-refractivity contribution < 1.29 is 19.4 Å². The Kier molecular flexibility index (Phi) is 7.89. The molecule has 1 aromatic heterocycles. The molecule has 4 rings (SSSR count). The number of piperidine rings is 1. The number of pyridine rings is 1. The molecule has 1 saturated heterocycles. The van der Waals surface area contributed by atoms with Crippen LogP contribution >= 0.6 is 0 Å². The van der Waals surface area contributed by atoms with Crippen LogP contribution in [0.25, 0.3) is 11.1 Å². The molecular weight excluding hydrogens is 464 g/mol. The average Bonchev–Trinajstić information content (AvgIpc) is 3.26. The van der Waals surface area contributed by atoms with Crippen LogP contribution in [0.1, 0.15) is 96.2 Å². The third kappa shape index (κ3) is 6.11. The standard InChI is InChI=1S/C31H44N2O4/c1-20(2)36-29(35)28(37-30(5,6)7)26-22(4)32-21(3)25(23-10-12-24(34)13-11-23)27(26)33-18-16-31(17-19-33)14-8-9-15-31/h10-13,20,28,34H,8-9,14-19H2,1-7H3/t28-/m0/s1. The fraction of sp³-hybridized carbons (Fsp3) is 0.613. The normalized spacial score (nSPS) is 18.4. The second-order valence-corrected chi connectivity index (χ2v) is 12.3. The first-order valence-electron chi connectivity index (χ1n) is 13.8. The van der Waals surface area contributed by atoms with Gasteiger partial charge in [0.1, 0.15) is 5.75 Å². The molecule has 6 heteroatoms. The summed E-state index contributed by atoms with van der Waals surface area (Å²) in [4.78, 5) is 21.0. The van der Waals surface area contributed by atoms with E-state index in [9.17, 15) is 9.90 Å². The summed E-state index contributed by atoms with van der Waals surface area (Å²) in [7, 11) is 0. The second-order valence-electron chi connectivity index (χ2n) is 12.3. The van der Waals surface area contributed by atoms with Gasteiger partial charge < -0.3 is 19.5 Å². The number of aromatic hydroxyl groups is 1. The highest BCUT2D eigenvalue weighted by Crippen LogP contribution is 2.49. The number of carbonyl (C=O) groups is 1. The van der Waals surface area contributed by atoms with Crippen molar-refractivity contribution in [1.82, 2.24) is 4.98 Å². The summed E-state index contributed by atoms with van der Waals surface area (Å²) >= 11 is 0. The maximum Gasteiger partial charge on any atom is 0.340 e. The molecule has 2 fully saturated rings. The SMILES string of the molecule is Cc1nc(C)c([C@H](OC(C)(C)C)C(=O)OC(C)C)c(N2CCC3(CCCC3)CC2)c1-c1ccc(O)cc1. The number of phenols is 1. The molecule has 2 heterocycles. The van der Waals surface area contributed by atoms with E-state index in [4.69, 9.17) is 14.5 Å². The maximum atomic E-state index is 13.6. The Morgan fingerprint density at radius 2 is 1.59 bits per heavy atom. The van der Waals surface area contributed by atoms with Crippen molar-refractivity contribution in [2.45, 2.75) is 105 Å². The molecule has 2 aromatic rings. The van der Waals surface area contributed by atoms with E-state index in [1.54, 1.807) is 12.1 Å². The summed E-state index contributed by atoms with van der Waals surface area (Å²) in [6.07, 6.45) is 6.47. The Morgan fingerprint density at radius 1 is 1.00 bits per heavy atom. The molecule has 1 aliphatic carbocycles. The lowest BCUT2D eigenvalue weighted by Gasteiger charge is -2.43. The van der Waals surface area contributed by atoms with Crippen LogP contribution in [0.15, 0.2) is 24.3 Å². The summed E-state index contributed by atoms with van der Waals surface area (Å²) in [6.45, 7) is 15.5. The number of rotatable bonds is 6. The van der Waals surface area contributed by atoms with Crippen LogP contribution in [0.5, 0.6) is 5.75 Å². The van der Waals surface area contributed by atoms with Gasteiger partial charge in [-0.05, 0) is 97.3 Å².